The highest BCUT2D eigenvalue weighted by Crippen LogP contribution is 2.28. The molecular formula is C48H80N8. The maximum absolute atomic E-state index is 4.62. The Morgan fingerprint density at radius 2 is 0.589 bits per heavy atom. The Labute approximate surface area is 343 Å². The summed E-state index contributed by atoms with van der Waals surface area (Å²) < 4.78 is 0. The van der Waals surface area contributed by atoms with Gasteiger partial charge in [-0.15, -0.1) is 0 Å². The van der Waals surface area contributed by atoms with Gasteiger partial charge in [0.1, 0.15) is 11.6 Å². The minimum atomic E-state index is 0.409. The van der Waals surface area contributed by atoms with Crippen molar-refractivity contribution in [3.8, 4) is 0 Å². The van der Waals surface area contributed by atoms with E-state index in [2.05, 4.69) is 186 Å². The standard InChI is InChI=1S/4C12H20N2/c1-7(2)11-9(5)12(8(3)4)14-10(6)13-11;2*1-7(2)11-9(5)12(8(3)4)14-13-10(11)6;1-7(2)11-9(5)10(6)13-12(14-11)8(3)4/h4*7-8H,1-6H3. The van der Waals surface area contributed by atoms with Crippen LogP contribution in [-0.4, -0.2) is 40.3 Å². The zero-order chi connectivity index (χ0) is 43.5. The van der Waals surface area contributed by atoms with Crippen molar-refractivity contribution in [1.82, 2.24) is 40.3 Å². The fourth-order valence-electron chi connectivity index (χ4n) is 7.42. The maximum Gasteiger partial charge on any atom is 0.131 e. The van der Waals surface area contributed by atoms with Crippen molar-refractivity contribution in [1.29, 1.82) is 0 Å². The van der Waals surface area contributed by atoms with Crippen molar-refractivity contribution < 1.29 is 0 Å². The van der Waals surface area contributed by atoms with Crippen LogP contribution in [0.3, 0.4) is 0 Å². The normalized spacial score (nSPS) is 11.4. The van der Waals surface area contributed by atoms with Gasteiger partial charge >= 0.3 is 0 Å². The highest BCUT2D eigenvalue weighted by molar-refractivity contribution is 5.36. The molecule has 8 heteroatoms. The highest BCUT2D eigenvalue weighted by Gasteiger charge is 2.17. The van der Waals surface area contributed by atoms with Gasteiger partial charge in [-0.1, -0.05) is 111 Å². The van der Waals surface area contributed by atoms with E-state index in [1.165, 1.54) is 50.5 Å². The largest absolute Gasteiger partial charge is 0.238 e. The summed E-state index contributed by atoms with van der Waals surface area (Å²) >= 11 is 0. The van der Waals surface area contributed by atoms with Crippen molar-refractivity contribution in [3.05, 3.63) is 90.6 Å². The first kappa shape index (κ1) is 50.3. The number of hydrogen-bond donors (Lipinski definition) is 0. The van der Waals surface area contributed by atoms with E-state index in [0.717, 1.165) is 40.1 Å². The average molecular weight is 769 g/mol. The molecule has 0 aliphatic carbocycles. The summed E-state index contributed by atoms with van der Waals surface area (Å²) in [4.78, 5) is 18.1. The summed E-state index contributed by atoms with van der Waals surface area (Å²) in [5.74, 6) is 5.69. The predicted molar refractivity (Wildman–Crippen MR) is 239 cm³/mol. The van der Waals surface area contributed by atoms with Crippen molar-refractivity contribution in [2.45, 2.75) is 214 Å². The second kappa shape index (κ2) is 22.3. The number of aryl methyl sites for hydroxylation is 4. The molecule has 0 aliphatic rings. The van der Waals surface area contributed by atoms with Crippen molar-refractivity contribution >= 4 is 0 Å². The predicted octanol–water partition coefficient (Wildman–Crippen LogP) is 13.4. The molecule has 0 aromatic carbocycles. The summed E-state index contributed by atoms with van der Waals surface area (Å²) in [6.07, 6.45) is 0. The van der Waals surface area contributed by atoms with E-state index < -0.39 is 0 Å². The van der Waals surface area contributed by atoms with Crippen LogP contribution in [0.5, 0.6) is 0 Å². The van der Waals surface area contributed by atoms with Crippen LogP contribution in [0.1, 0.15) is 249 Å². The molecule has 0 aliphatic heterocycles. The Morgan fingerprint density at radius 3 is 0.875 bits per heavy atom. The lowest BCUT2D eigenvalue weighted by molar-refractivity contribution is 0.713. The van der Waals surface area contributed by atoms with E-state index in [4.69, 9.17) is 0 Å². The maximum atomic E-state index is 4.62. The molecule has 0 bridgehead atoms. The summed E-state index contributed by atoms with van der Waals surface area (Å²) in [6.45, 7) is 51.5. The van der Waals surface area contributed by atoms with Crippen LogP contribution in [0.4, 0.5) is 0 Å². The lowest BCUT2D eigenvalue weighted by Gasteiger charge is -2.16. The molecule has 56 heavy (non-hydrogen) atoms. The number of aromatic nitrogens is 8. The summed E-state index contributed by atoms with van der Waals surface area (Å²) in [5, 5.41) is 17.0. The highest BCUT2D eigenvalue weighted by atomic mass is 15.1. The zero-order valence-electron chi connectivity index (χ0n) is 40.2. The molecule has 312 valence electrons. The molecule has 4 heterocycles. The van der Waals surface area contributed by atoms with E-state index in [0.29, 0.717) is 47.3 Å². The van der Waals surface area contributed by atoms with Gasteiger partial charge in [0, 0.05) is 28.7 Å². The average Bonchev–Trinajstić information content (AvgIpc) is 3.06. The van der Waals surface area contributed by atoms with Crippen LogP contribution >= 0.6 is 0 Å². The lowest BCUT2D eigenvalue weighted by atomic mass is 9.93. The van der Waals surface area contributed by atoms with Crippen LogP contribution in [0.25, 0.3) is 0 Å². The Morgan fingerprint density at radius 1 is 0.268 bits per heavy atom. The topological polar surface area (TPSA) is 103 Å². The van der Waals surface area contributed by atoms with Crippen LogP contribution in [-0.2, 0) is 0 Å². The molecule has 0 unspecified atom stereocenters. The Balaban J connectivity index is 0.000000373. The van der Waals surface area contributed by atoms with Crippen LogP contribution < -0.4 is 0 Å². The minimum Gasteiger partial charge on any atom is -0.238 e. The Bertz CT molecular complexity index is 1740. The first-order valence-electron chi connectivity index (χ1n) is 21.1. The van der Waals surface area contributed by atoms with E-state index in [1.807, 2.05) is 20.8 Å². The molecule has 0 N–H and O–H groups in total. The third-order valence-corrected chi connectivity index (χ3v) is 10.2. The van der Waals surface area contributed by atoms with E-state index in [-0.39, 0.29) is 0 Å². The van der Waals surface area contributed by atoms with Gasteiger partial charge in [-0.2, -0.15) is 20.4 Å². The molecule has 8 nitrogen and oxygen atoms in total. The molecule has 4 aromatic rings. The van der Waals surface area contributed by atoms with E-state index in [9.17, 15) is 0 Å². The fourth-order valence-corrected chi connectivity index (χ4v) is 7.42. The van der Waals surface area contributed by atoms with Gasteiger partial charge in [0.25, 0.3) is 0 Å². The monoisotopic (exact) mass is 769 g/mol. The molecular weight excluding hydrogens is 689 g/mol. The Kier molecular flexibility index (Phi) is 20.1. The SMILES string of the molecule is Cc1nc(C(C)C)c(C)c(C(C)C)n1.Cc1nc(C(C)C)nc(C(C)C)c1C.Cc1nnc(C(C)C)c(C)c1C(C)C.Cc1nnc(C(C)C)c(C)c1C(C)C. The molecule has 0 spiro atoms. The minimum absolute atomic E-state index is 0.409. The first-order valence-corrected chi connectivity index (χ1v) is 21.1. The van der Waals surface area contributed by atoms with Gasteiger partial charge in [0.05, 0.1) is 22.8 Å². The van der Waals surface area contributed by atoms with Gasteiger partial charge in [0.15, 0.2) is 0 Å². The summed E-state index contributed by atoms with van der Waals surface area (Å²) in [5.41, 5.74) is 17.0. The van der Waals surface area contributed by atoms with Gasteiger partial charge in [0.2, 0.25) is 0 Å². The van der Waals surface area contributed by atoms with E-state index >= 15 is 0 Å². The number of hydrogen-bond acceptors (Lipinski definition) is 8. The fraction of sp³-hybridized carbons (Fsp3) is 0.667. The molecule has 0 atom stereocenters. The third-order valence-electron chi connectivity index (χ3n) is 10.2. The zero-order valence-corrected chi connectivity index (χ0v) is 40.2. The second-order valence-electron chi connectivity index (χ2n) is 18.0. The van der Waals surface area contributed by atoms with Gasteiger partial charge < -0.3 is 0 Å². The van der Waals surface area contributed by atoms with Gasteiger partial charge in [-0.05, 0) is 130 Å². The van der Waals surface area contributed by atoms with Crippen molar-refractivity contribution in [2.75, 3.05) is 0 Å². The molecule has 0 radical (unpaired) electrons. The van der Waals surface area contributed by atoms with Crippen LogP contribution in [0.2, 0.25) is 0 Å². The number of rotatable bonds is 8. The van der Waals surface area contributed by atoms with Gasteiger partial charge in [-0.3, -0.25) is 0 Å². The van der Waals surface area contributed by atoms with Crippen LogP contribution in [0, 0.1) is 55.4 Å². The van der Waals surface area contributed by atoms with Crippen molar-refractivity contribution in [3.63, 3.8) is 0 Å². The summed E-state index contributed by atoms with van der Waals surface area (Å²) in [6, 6.07) is 0. The number of nitrogens with zero attached hydrogens (tertiary/aromatic N) is 8. The third kappa shape index (κ3) is 13.8. The Hall–Kier alpha value is -3.68. The molecule has 0 amide bonds. The second-order valence-corrected chi connectivity index (χ2v) is 18.0. The van der Waals surface area contributed by atoms with E-state index in [1.54, 1.807) is 0 Å². The molecule has 0 fully saturated rings. The smallest absolute Gasteiger partial charge is 0.131 e. The van der Waals surface area contributed by atoms with Crippen molar-refractivity contribution in [2.24, 2.45) is 0 Å². The van der Waals surface area contributed by atoms with Gasteiger partial charge in [-0.25, -0.2) is 19.9 Å². The first-order chi connectivity index (χ1) is 25.8. The molecule has 4 aromatic heterocycles. The summed E-state index contributed by atoms with van der Waals surface area (Å²) in [7, 11) is 0. The molecule has 0 saturated carbocycles. The quantitative estimate of drug-likeness (QED) is 0.174. The lowest BCUT2D eigenvalue weighted by Crippen LogP contribution is -2.07. The molecule has 4 rings (SSSR count). The van der Waals surface area contributed by atoms with Crippen LogP contribution in [0.15, 0.2) is 0 Å². The molecule has 0 saturated heterocycles.